The molecule has 0 aliphatic carbocycles. The van der Waals surface area contributed by atoms with Crippen molar-refractivity contribution in [2.75, 3.05) is 24.5 Å². The lowest BCUT2D eigenvalue weighted by Gasteiger charge is -2.32. The molecule has 0 spiro atoms. The number of nitrogens with zero attached hydrogens (tertiary/aromatic N) is 2. The van der Waals surface area contributed by atoms with E-state index in [1.807, 2.05) is 0 Å². The quantitative estimate of drug-likeness (QED) is 0.887. The topological polar surface area (TPSA) is 45.2 Å². The van der Waals surface area contributed by atoms with E-state index in [0.29, 0.717) is 5.92 Å². The van der Waals surface area contributed by atoms with Gasteiger partial charge in [-0.05, 0) is 30.9 Å². The molecule has 1 N–H and O–H groups in total. The second-order valence-corrected chi connectivity index (χ2v) is 4.70. The van der Waals surface area contributed by atoms with E-state index in [0.717, 1.165) is 38.3 Å². The van der Waals surface area contributed by atoms with E-state index < -0.39 is 0 Å². The van der Waals surface area contributed by atoms with Gasteiger partial charge < -0.3 is 10.2 Å². The third kappa shape index (κ3) is 3.42. The van der Waals surface area contributed by atoms with Gasteiger partial charge in [-0.1, -0.05) is 0 Å². The van der Waals surface area contributed by atoms with E-state index in [1.165, 1.54) is 19.2 Å². The smallest absolute Gasteiger partial charge is 0.216 e. The summed E-state index contributed by atoms with van der Waals surface area (Å²) in [6, 6.07) is 3.15. The number of carbonyl (C=O) groups is 1. The van der Waals surface area contributed by atoms with Crippen molar-refractivity contribution in [1.82, 2.24) is 10.3 Å². The van der Waals surface area contributed by atoms with Crippen LogP contribution in [0.4, 0.5) is 10.2 Å². The maximum Gasteiger partial charge on any atom is 0.216 e. The van der Waals surface area contributed by atoms with E-state index in [-0.39, 0.29) is 11.7 Å². The molecule has 1 aliphatic rings. The van der Waals surface area contributed by atoms with Crippen molar-refractivity contribution >= 4 is 11.7 Å². The number of piperidine rings is 1. The minimum Gasteiger partial charge on any atom is -0.357 e. The van der Waals surface area contributed by atoms with Crippen LogP contribution in [0.25, 0.3) is 0 Å². The Morgan fingerprint density at radius 2 is 2.22 bits per heavy atom. The first kappa shape index (κ1) is 12.8. The highest BCUT2D eigenvalue weighted by atomic mass is 19.1. The summed E-state index contributed by atoms with van der Waals surface area (Å²) < 4.78 is 12.8. The summed E-state index contributed by atoms with van der Waals surface area (Å²) in [5.41, 5.74) is 0. The van der Waals surface area contributed by atoms with Crippen molar-refractivity contribution < 1.29 is 9.18 Å². The van der Waals surface area contributed by atoms with Crippen LogP contribution in [-0.2, 0) is 4.79 Å². The number of nitrogens with one attached hydrogen (secondary N) is 1. The number of aromatic nitrogens is 1. The SMILES string of the molecule is CC(=O)NCC1CCN(c2ccc(F)cn2)CC1. The Morgan fingerprint density at radius 3 is 2.78 bits per heavy atom. The number of halogens is 1. The van der Waals surface area contributed by atoms with Crippen molar-refractivity contribution in [2.24, 2.45) is 5.92 Å². The molecule has 1 fully saturated rings. The maximum atomic E-state index is 12.8. The van der Waals surface area contributed by atoms with Crippen LogP contribution >= 0.6 is 0 Å². The largest absolute Gasteiger partial charge is 0.357 e. The summed E-state index contributed by atoms with van der Waals surface area (Å²) in [7, 11) is 0. The van der Waals surface area contributed by atoms with Crippen LogP contribution in [0, 0.1) is 11.7 Å². The molecule has 1 aliphatic heterocycles. The average molecular weight is 251 g/mol. The first-order chi connectivity index (χ1) is 8.65. The number of rotatable bonds is 3. The van der Waals surface area contributed by atoms with E-state index in [1.54, 1.807) is 6.07 Å². The van der Waals surface area contributed by atoms with Gasteiger partial charge in [0, 0.05) is 26.6 Å². The van der Waals surface area contributed by atoms with Gasteiger partial charge in [-0.3, -0.25) is 4.79 Å². The van der Waals surface area contributed by atoms with Crippen molar-refractivity contribution in [2.45, 2.75) is 19.8 Å². The predicted octanol–water partition coefficient (Wildman–Crippen LogP) is 1.57. The minimum atomic E-state index is -0.306. The summed E-state index contributed by atoms with van der Waals surface area (Å²) in [5, 5.41) is 2.85. The molecule has 2 heterocycles. The molecule has 98 valence electrons. The summed E-state index contributed by atoms with van der Waals surface area (Å²) in [6.45, 7) is 4.10. The Bertz CT molecular complexity index is 399. The van der Waals surface area contributed by atoms with Gasteiger partial charge in [0.2, 0.25) is 5.91 Å². The van der Waals surface area contributed by atoms with E-state index >= 15 is 0 Å². The zero-order chi connectivity index (χ0) is 13.0. The Labute approximate surface area is 106 Å². The van der Waals surface area contributed by atoms with Crippen LogP contribution < -0.4 is 10.2 Å². The summed E-state index contributed by atoms with van der Waals surface area (Å²) in [6.07, 6.45) is 3.30. The number of hydrogen-bond donors (Lipinski definition) is 1. The molecule has 0 radical (unpaired) electrons. The molecule has 1 aromatic heterocycles. The van der Waals surface area contributed by atoms with Crippen molar-refractivity contribution in [3.05, 3.63) is 24.1 Å². The lowest BCUT2D eigenvalue weighted by Crippen LogP contribution is -2.38. The highest BCUT2D eigenvalue weighted by Gasteiger charge is 2.20. The third-order valence-corrected chi connectivity index (χ3v) is 3.29. The van der Waals surface area contributed by atoms with Crippen molar-refractivity contribution in [3.8, 4) is 0 Å². The highest BCUT2D eigenvalue weighted by molar-refractivity contribution is 5.72. The molecule has 0 atom stereocenters. The standard InChI is InChI=1S/C13H18FN3O/c1-10(18)15-8-11-4-6-17(7-5-11)13-3-2-12(14)9-16-13/h2-3,9,11H,4-8H2,1H3,(H,15,18). The maximum absolute atomic E-state index is 12.8. The van der Waals surface area contributed by atoms with Crippen LogP contribution in [0.15, 0.2) is 18.3 Å². The lowest BCUT2D eigenvalue weighted by atomic mass is 9.97. The summed E-state index contributed by atoms with van der Waals surface area (Å²) in [5.74, 6) is 1.08. The van der Waals surface area contributed by atoms with Crippen molar-refractivity contribution in [3.63, 3.8) is 0 Å². The number of carbonyl (C=O) groups excluding carboxylic acids is 1. The Balaban J connectivity index is 1.83. The minimum absolute atomic E-state index is 0.0256. The molecule has 4 nitrogen and oxygen atoms in total. The molecular weight excluding hydrogens is 233 g/mol. The number of anilines is 1. The average Bonchev–Trinajstić information content (AvgIpc) is 2.38. The van der Waals surface area contributed by atoms with Crippen LogP contribution in [-0.4, -0.2) is 30.5 Å². The van der Waals surface area contributed by atoms with Gasteiger partial charge in [-0.2, -0.15) is 0 Å². The van der Waals surface area contributed by atoms with Gasteiger partial charge >= 0.3 is 0 Å². The second kappa shape index (κ2) is 5.80. The fourth-order valence-electron chi connectivity index (χ4n) is 2.21. The van der Waals surface area contributed by atoms with E-state index in [4.69, 9.17) is 0 Å². The zero-order valence-electron chi connectivity index (χ0n) is 10.5. The van der Waals surface area contributed by atoms with Crippen LogP contribution in [0.1, 0.15) is 19.8 Å². The molecule has 1 aromatic rings. The molecule has 0 unspecified atom stereocenters. The Kier molecular flexibility index (Phi) is 4.12. The van der Waals surface area contributed by atoms with Gasteiger partial charge in [-0.25, -0.2) is 9.37 Å². The first-order valence-corrected chi connectivity index (χ1v) is 6.26. The summed E-state index contributed by atoms with van der Waals surface area (Å²) in [4.78, 5) is 17.1. The van der Waals surface area contributed by atoms with Gasteiger partial charge in [0.15, 0.2) is 0 Å². The Morgan fingerprint density at radius 1 is 1.50 bits per heavy atom. The highest BCUT2D eigenvalue weighted by Crippen LogP contribution is 2.21. The van der Waals surface area contributed by atoms with Crippen LogP contribution in [0.2, 0.25) is 0 Å². The molecule has 0 aromatic carbocycles. The Hall–Kier alpha value is -1.65. The number of hydrogen-bond acceptors (Lipinski definition) is 3. The molecule has 18 heavy (non-hydrogen) atoms. The van der Waals surface area contributed by atoms with Gasteiger partial charge in [-0.15, -0.1) is 0 Å². The van der Waals surface area contributed by atoms with Gasteiger partial charge in [0.05, 0.1) is 6.20 Å². The molecule has 0 saturated carbocycles. The van der Waals surface area contributed by atoms with Crippen LogP contribution in [0.3, 0.4) is 0 Å². The third-order valence-electron chi connectivity index (χ3n) is 3.29. The van der Waals surface area contributed by atoms with E-state index in [2.05, 4.69) is 15.2 Å². The van der Waals surface area contributed by atoms with Crippen LogP contribution in [0.5, 0.6) is 0 Å². The molecule has 1 saturated heterocycles. The molecule has 0 bridgehead atoms. The number of pyridine rings is 1. The lowest BCUT2D eigenvalue weighted by molar-refractivity contribution is -0.119. The molecular formula is C13H18FN3O. The molecule has 5 heteroatoms. The van der Waals surface area contributed by atoms with Gasteiger partial charge in [0.25, 0.3) is 0 Å². The van der Waals surface area contributed by atoms with Gasteiger partial charge in [0.1, 0.15) is 11.6 Å². The van der Waals surface area contributed by atoms with E-state index in [9.17, 15) is 9.18 Å². The normalized spacial score (nSPS) is 16.7. The molecule has 1 amide bonds. The van der Waals surface area contributed by atoms with Crippen molar-refractivity contribution in [1.29, 1.82) is 0 Å². The second-order valence-electron chi connectivity index (χ2n) is 4.70. The number of amides is 1. The monoisotopic (exact) mass is 251 g/mol. The fourth-order valence-corrected chi connectivity index (χ4v) is 2.21. The predicted molar refractivity (Wildman–Crippen MR) is 67.8 cm³/mol. The zero-order valence-corrected chi connectivity index (χ0v) is 10.5. The fraction of sp³-hybridized carbons (Fsp3) is 0.538. The first-order valence-electron chi connectivity index (χ1n) is 6.26. The molecule has 2 rings (SSSR count). The summed E-state index contributed by atoms with van der Waals surface area (Å²) >= 11 is 0.